The smallest absolute Gasteiger partial charge is 0.0935 e. The summed E-state index contributed by atoms with van der Waals surface area (Å²) in [6.45, 7) is 2.42. The van der Waals surface area contributed by atoms with Gasteiger partial charge >= 0.3 is 0 Å². The zero-order chi connectivity index (χ0) is 20.1. The van der Waals surface area contributed by atoms with Crippen molar-refractivity contribution in [2.45, 2.75) is 13.5 Å². The molecule has 0 aromatic heterocycles. The fraction of sp³-hybridized carbons (Fsp3) is 0.0833. The Balaban J connectivity index is 1.57. The van der Waals surface area contributed by atoms with Crippen LogP contribution in [-0.2, 0) is 6.54 Å². The average Bonchev–Trinajstić information content (AvgIpc) is 2.77. The highest BCUT2D eigenvalue weighted by Gasteiger charge is 2.02. The minimum atomic E-state index is 0.432. The number of fused-ring (bicyclic) bond motifs is 1. The lowest BCUT2D eigenvalue weighted by Crippen LogP contribution is -1.95. The third-order valence-electron chi connectivity index (χ3n) is 4.70. The number of rotatable bonds is 5. The van der Waals surface area contributed by atoms with E-state index in [9.17, 15) is 0 Å². The lowest BCUT2D eigenvalue weighted by atomic mass is 10.1. The first kappa shape index (κ1) is 18.7. The van der Waals surface area contributed by atoms with Gasteiger partial charge in [0.15, 0.2) is 0 Å². The first-order chi connectivity index (χ1) is 14.2. The van der Waals surface area contributed by atoms with Gasteiger partial charge in [-0.15, -0.1) is 5.11 Å². The van der Waals surface area contributed by atoms with Gasteiger partial charge in [-0.3, -0.25) is 0 Å². The highest BCUT2D eigenvalue weighted by Crippen LogP contribution is 2.30. The van der Waals surface area contributed by atoms with Crippen molar-refractivity contribution in [1.29, 1.82) is 0 Å². The predicted octanol–water partition coefficient (Wildman–Crippen LogP) is 7.44. The summed E-state index contributed by atoms with van der Waals surface area (Å²) in [6, 6.07) is 27.7. The number of azo groups is 2. The van der Waals surface area contributed by atoms with Gasteiger partial charge in [0.2, 0.25) is 0 Å². The van der Waals surface area contributed by atoms with E-state index in [1.807, 2.05) is 73.7 Å². The van der Waals surface area contributed by atoms with Crippen LogP contribution in [0.25, 0.3) is 10.8 Å². The van der Waals surface area contributed by atoms with Crippen LogP contribution in [0.15, 0.2) is 105 Å². The Morgan fingerprint density at radius 3 is 2.21 bits per heavy atom. The Morgan fingerprint density at radius 1 is 0.655 bits per heavy atom. The van der Waals surface area contributed by atoms with Crippen molar-refractivity contribution in [3.63, 3.8) is 0 Å². The molecule has 5 heteroatoms. The minimum Gasteiger partial charge on any atom is -0.326 e. The van der Waals surface area contributed by atoms with Gasteiger partial charge in [-0.05, 0) is 53.8 Å². The molecule has 0 unspecified atom stereocenters. The van der Waals surface area contributed by atoms with Gasteiger partial charge < -0.3 is 5.73 Å². The molecule has 0 heterocycles. The number of nitrogens with zero attached hydrogens (tertiary/aromatic N) is 4. The predicted molar refractivity (Wildman–Crippen MR) is 118 cm³/mol. The van der Waals surface area contributed by atoms with Crippen LogP contribution in [0.2, 0.25) is 0 Å². The SMILES string of the molecule is Cc1cc(N=Nc2ccccc2CN)ccc1N=Nc1cccc2ccccc12. The molecule has 2 N–H and O–H groups in total. The Bertz CT molecular complexity index is 1210. The maximum atomic E-state index is 5.76. The summed E-state index contributed by atoms with van der Waals surface area (Å²) in [5, 5.41) is 19.8. The van der Waals surface area contributed by atoms with Crippen LogP contribution in [0.5, 0.6) is 0 Å². The molecule has 0 spiro atoms. The molecule has 0 aliphatic carbocycles. The second-order valence-electron chi connectivity index (χ2n) is 6.70. The highest BCUT2D eigenvalue weighted by atomic mass is 15.1. The summed E-state index contributed by atoms with van der Waals surface area (Å²) in [7, 11) is 0. The van der Waals surface area contributed by atoms with E-state index in [1.54, 1.807) is 0 Å². The molecule has 142 valence electrons. The summed E-state index contributed by atoms with van der Waals surface area (Å²) < 4.78 is 0. The fourth-order valence-corrected chi connectivity index (χ4v) is 3.11. The Labute approximate surface area is 169 Å². The molecular weight excluding hydrogens is 358 g/mol. The number of hydrogen-bond acceptors (Lipinski definition) is 5. The normalized spacial score (nSPS) is 11.7. The molecule has 4 aromatic rings. The fourth-order valence-electron chi connectivity index (χ4n) is 3.11. The zero-order valence-electron chi connectivity index (χ0n) is 16.2. The summed E-state index contributed by atoms with van der Waals surface area (Å²) >= 11 is 0. The van der Waals surface area contributed by atoms with Crippen molar-refractivity contribution in [3.8, 4) is 0 Å². The van der Waals surface area contributed by atoms with Gasteiger partial charge in [-0.1, -0.05) is 54.6 Å². The van der Waals surface area contributed by atoms with E-state index in [2.05, 4.69) is 38.7 Å². The summed E-state index contributed by atoms with van der Waals surface area (Å²) in [5.41, 5.74) is 10.9. The van der Waals surface area contributed by atoms with E-state index in [4.69, 9.17) is 5.73 Å². The van der Waals surface area contributed by atoms with Gasteiger partial charge in [0.25, 0.3) is 0 Å². The van der Waals surface area contributed by atoms with E-state index in [1.165, 1.54) is 0 Å². The van der Waals surface area contributed by atoms with Crippen molar-refractivity contribution in [2.24, 2.45) is 26.2 Å². The van der Waals surface area contributed by atoms with Crippen LogP contribution in [0, 0.1) is 6.92 Å². The molecule has 0 radical (unpaired) electrons. The Morgan fingerprint density at radius 2 is 1.34 bits per heavy atom. The molecule has 0 bridgehead atoms. The lowest BCUT2D eigenvalue weighted by molar-refractivity contribution is 1.05. The molecule has 0 aliphatic heterocycles. The van der Waals surface area contributed by atoms with Gasteiger partial charge in [0.1, 0.15) is 0 Å². The molecule has 0 amide bonds. The molecule has 0 saturated heterocycles. The largest absolute Gasteiger partial charge is 0.326 e. The second kappa shape index (κ2) is 8.54. The summed E-state index contributed by atoms with van der Waals surface area (Å²) in [4.78, 5) is 0. The van der Waals surface area contributed by atoms with Crippen LogP contribution in [0.1, 0.15) is 11.1 Å². The van der Waals surface area contributed by atoms with Crippen molar-refractivity contribution in [2.75, 3.05) is 0 Å². The van der Waals surface area contributed by atoms with Crippen molar-refractivity contribution in [1.82, 2.24) is 0 Å². The van der Waals surface area contributed by atoms with Crippen molar-refractivity contribution >= 4 is 33.5 Å². The topological polar surface area (TPSA) is 75.5 Å². The molecule has 0 aliphatic rings. The summed E-state index contributed by atoms with van der Waals surface area (Å²) in [6.07, 6.45) is 0. The Kier molecular flexibility index (Phi) is 5.49. The quantitative estimate of drug-likeness (QED) is 0.359. The van der Waals surface area contributed by atoms with E-state index < -0.39 is 0 Å². The van der Waals surface area contributed by atoms with Crippen LogP contribution in [-0.4, -0.2) is 0 Å². The van der Waals surface area contributed by atoms with Crippen LogP contribution < -0.4 is 5.73 Å². The average molecular weight is 379 g/mol. The van der Waals surface area contributed by atoms with E-state index in [-0.39, 0.29) is 0 Å². The Hall–Kier alpha value is -3.70. The molecule has 0 fully saturated rings. The van der Waals surface area contributed by atoms with E-state index in [0.29, 0.717) is 6.54 Å². The molecule has 4 rings (SSSR count). The zero-order valence-corrected chi connectivity index (χ0v) is 16.2. The molecule has 0 atom stereocenters. The number of aryl methyl sites for hydroxylation is 1. The van der Waals surface area contributed by atoms with Gasteiger partial charge in [-0.2, -0.15) is 15.3 Å². The standard InChI is InChI=1S/C24H21N5/c1-17-15-20(26-28-23-11-5-3-8-19(23)16-25)13-14-22(17)27-29-24-12-6-9-18-7-2-4-10-21(18)24/h2-15H,16,25H2,1H3. The van der Waals surface area contributed by atoms with E-state index in [0.717, 1.165) is 44.6 Å². The number of hydrogen-bond donors (Lipinski definition) is 1. The minimum absolute atomic E-state index is 0.432. The first-order valence-corrected chi connectivity index (χ1v) is 9.44. The van der Waals surface area contributed by atoms with Crippen LogP contribution >= 0.6 is 0 Å². The van der Waals surface area contributed by atoms with Crippen LogP contribution in [0.3, 0.4) is 0 Å². The second-order valence-corrected chi connectivity index (χ2v) is 6.70. The van der Waals surface area contributed by atoms with Gasteiger partial charge in [0, 0.05) is 11.9 Å². The molecule has 4 aromatic carbocycles. The third kappa shape index (κ3) is 4.25. The highest BCUT2D eigenvalue weighted by molar-refractivity contribution is 5.92. The van der Waals surface area contributed by atoms with Gasteiger partial charge in [-0.25, -0.2) is 0 Å². The maximum Gasteiger partial charge on any atom is 0.0935 e. The number of benzene rings is 4. The molecule has 29 heavy (non-hydrogen) atoms. The van der Waals surface area contributed by atoms with E-state index >= 15 is 0 Å². The van der Waals surface area contributed by atoms with Crippen LogP contribution in [0.4, 0.5) is 22.7 Å². The molecular formula is C24H21N5. The maximum absolute atomic E-state index is 5.76. The molecule has 0 saturated carbocycles. The molecule has 5 nitrogen and oxygen atoms in total. The number of nitrogens with two attached hydrogens (primary N) is 1. The lowest BCUT2D eigenvalue weighted by Gasteiger charge is -2.03. The summed E-state index contributed by atoms with van der Waals surface area (Å²) in [5.74, 6) is 0. The monoisotopic (exact) mass is 379 g/mol. The van der Waals surface area contributed by atoms with Crippen molar-refractivity contribution in [3.05, 3.63) is 96.1 Å². The third-order valence-corrected chi connectivity index (χ3v) is 4.70. The first-order valence-electron chi connectivity index (χ1n) is 9.44. The van der Waals surface area contributed by atoms with Crippen molar-refractivity contribution < 1.29 is 0 Å². The van der Waals surface area contributed by atoms with Gasteiger partial charge in [0.05, 0.1) is 22.7 Å².